The van der Waals surface area contributed by atoms with Gasteiger partial charge < -0.3 is 39.8 Å². The van der Waals surface area contributed by atoms with Crippen LogP contribution in [0.25, 0.3) is 11.0 Å². The number of aromatic nitrogens is 2. The van der Waals surface area contributed by atoms with Crippen molar-refractivity contribution in [3.8, 4) is 0 Å². The predicted molar refractivity (Wildman–Crippen MR) is 152 cm³/mol. The smallest absolute Gasteiger partial charge is 0.408 e. The van der Waals surface area contributed by atoms with Crippen molar-refractivity contribution < 1.29 is 34.1 Å². The number of hydrogen-bond donors (Lipinski definition) is 4. The zero-order valence-electron chi connectivity index (χ0n) is 24.7. The summed E-state index contributed by atoms with van der Waals surface area (Å²) < 4.78 is 12.4. The number of alkyl carbamates (subject to hydrolysis) is 1. The molecule has 0 aliphatic rings. The fourth-order valence-corrected chi connectivity index (χ4v) is 4.27. The van der Waals surface area contributed by atoms with E-state index in [1.54, 1.807) is 27.7 Å². The fraction of sp³-hybridized carbons (Fsp3) is 0.643. The zero-order valence-corrected chi connectivity index (χ0v) is 24.7. The lowest BCUT2D eigenvalue weighted by Gasteiger charge is -2.25. The van der Waals surface area contributed by atoms with Gasteiger partial charge in [0.15, 0.2) is 0 Å². The number of hydrogen-bond acceptors (Lipinski definition) is 9. The van der Waals surface area contributed by atoms with E-state index in [9.17, 15) is 24.6 Å². The summed E-state index contributed by atoms with van der Waals surface area (Å²) in [6.07, 6.45) is -0.319. The van der Waals surface area contributed by atoms with Crippen LogP contribution in [-0.4, -0.2) is 88.3 Å². The molecule has 12 heteroatoms. The van der Waals surface area contributed by atoms with Gasteiger partial charge in [-0.2, -0.15) is 0 Å². The van der Waals surface area contributed by atoms with Gasteiger partial charge in [-0.15, -0.1) is 0 Å². The molecule has 0 aliphatic carbocycles. The van der Waals surface area contributed by atoms with Crippen molar-refractivity contribution in [3.05, 3.63) is 24.0 Å². The molecule has 2 aromatic rings. The van der Waals surface area contributed by atoms with E-state index in [0.29, 0.717) is 30.9 Å². The molecule has 0 bridgehead atoms. The lowest BCUT2D eigenvalue weighted by atomic mass is 10.0. The number of carbonyl (C=O) groups is 3. The summed E-state index contributed by atoms with van der Waals surface area (Å²) in [6, 6.07) is 3.65. The Labute approximate surface area is 236 Å². The first-order chi connectivity index (χ1) is 18.8. The SMILES string of the molecule is CCOC(=O)[C@H](Cc1nc2cc(N(CCO)CCO)ccc2n1C)NC(=O)[C@H](CC(C)C)NC(=O)OC(C)(C)C. The molecule has 40 heavy (non-hydrogen) atoms. The van der Waals surface area contributed by atoms with Crippen LogP contribution in [0, 0.1) is 5.92 Å². The number of anilines is 1. The largest absolute Gasteiger partial charge is 0.464 e. The summed E-state index contributed by atoms with van der Waals surface area (Å²) >= 11 is 0. The van der Waals surface area contributed by atoms with Gasteiger partial charge in [-0.3, -0.25) is 4.79 Å². The van der Waals surface area contributed by atoms with Gasteiger partial charge in [-0.1, -0.05) is 13.8 Å². The molecular weight excluding hydrogens is 518 g/mol. The van der Waals surface area contributed by atoms with E-state index in [2.05, 4.69) is 10.6 Å². The van der Waals surface area contributed by atoms with Crippen molar-refractivity contribution in [1.29, 1.82) is 0 Å². The second kappa shape index (κ2) is 14.8. The molecule has 224 valence electrons. The van der Waals surface area contributed by atoms with Crippen LogP contribution >= 0.6 is 0 Å². The molecule has 0 aliphatic heterocycles. The minimum atomic E-state index is -1.04. The number of ether oxygens (including phenoxy) is 2. The standard InChI is InChI=1S/C28H45N5O7/c1-8-39-26(37)22(30-25(36)21(15-18(2)3)31-27(38)40-28(4,5)6)17-24-29-20-16-19(9-10-23(20)32(24)7)33(11-13-34)12-14-35/h9-10,16,18,21-22,34-35H,8,11-15,17H2,1-7H3,(H,30,36)(H,31,38)/t21-,22-/m0/s1. The van der Waals surface area contributed by atoms with Gasteiger partial charge in [0.1, 0.15) is 23.5 Å². The summed E-state index contributed by atoms with van der Waals surface area (Å²) in [4.78, 5) is 45.2. The van der Waals surface area contributed by atoms with Crippen LogP contribution in [0.2, 0.25) is 0 Å². The van der Waals surface area contributed by atoms with Gasteiger partial charge in [0, 0.05) is 32.2 Å². The third kappa shape index (κ3) is 9.67. The minimum Gasteiger partial charge on any atom is -0.464 e. The second-order valence-electron chi connectivity index (χ2n) is 11.0. The van der Waals surface area contributed by atoms with Crippen LogP contribution in [0.4, 0.5) is 10.5 Å². The van der Waals surface area contributed by atoms with Crippen LogP contribution in [0.5, 0.6) is 0 Å². The van der Waals surface area contributed by atoms with E-state index in [1.165, 1.54) is 0 Å². The lowest BCUT2D eigenvalue weighted by Crippen LogP contribution is -2.53. The third-order valence-electron chi connectivity index (χ3n) is 6.05. The lowest BCUT2D eigenvalue weighted by molar-refractivity contribution is -0.147. The number of fused-ring (bicyclic) bond motifs is 1. The quantitative estimate of drug-likeness (QED) is 0.252. The molecule has 2 rings (SSSR count). The first-order valence-corrected chi connectivity index (χ1v) is 13.7. The van der Waals surface area contributed by atoms with Crippen molar-refractivity contribution >= 4 is 34.7 Å². The van der Waals surface area contributed by atoms with E-state index in [-0.39, 0.29) is 32.2 Å². The van der Waals surface area contributed by atoms with Crippen LogP contribution in [0.15, 0.2) is 18.2 Å². The molecule has 0 saturated heterocycles. The van der Waals surface area contributed by atoms with Crippen LogP contribution in [-0.2, 0) is 32.5 Å². The highest BCUT2D eigenvalue weighted by Crippen LogP contribution is 2.23. The van der Waals surface area contributed by atoms with Crippen molar-refractivity contribution in [2.24, 2.45) is 13.0 Å². The van der Waals surface area contributed by atoms with Gasteiger partial charge >= 0.3 is 12.1 Å². The van der Waals surface area contributed by atoms with Crippen LogP contribution in [0.3, 0.4) is 0 Å². The van der Waals surface area contributed by atoms with Crippen LogP contribution in [0.1, 0.15) is 53.8 Å². The van der Waals surface area contributed by atoms with Crippen molar-refractivity contribution in [2.75, 3.05) is 37.8 Å². The molecule has 2 amide bonds. The fourth-order valence-electron chi connectivity index (χ4n) is 4.27. The van der Waals surface area contributed by atoms with E-state index >= 15 is 0 Å². The summed E-state index contributed by atoms with van der Waals surface area (Å²) in [5.74, 6) is -0.512. The van der Waals surface area contributed by atoms with Crippen LogP contribution < -0.4 is 15.5 Å². The number of aryl methyl sites for hydroxylation is 1. The summed E-state index contributed by atoms with van der Waals surface area (Å²) in [5.41, 5.74) is 1.53. The number of nitrogens with one attached hydrogen (secondary N) is 2. The van der Waals surface area contributed by atoms with Gasteiger partial charge in [0.2, 0.25) is 5.91 Å². The number of rotatable bonds is 14. The maximum absolute atomic E-state index is 13.3. The summed E-state index contributed by atoms with van der Waals surface area (Å²) in [7, 11) is 1.82. The highest BCUT2D eigenvalue weighted by atomic mass is 16.6. The van der Waals surface area contributed by atoms with E-state index in [1.807, 2.05) is 48.6 Å². The Hall–Kier alpha value is -3.38. The monoisotopic (exact) mass is 563 g/mol. The molecular formula is C28H45N5O7. The molecule has 4 N–H and O–H groups in total. The van der Waals surface area contributed by atoms with E-state index in [0.717, 1.165) is 11.2 Å². The number of amides is 2. The Balaban J connectivity index is 2.32. The van der Waals surface area contributed by atoms with E-state index < -0.39 is 35.7 Å². The number of esters is 1. The minimum absolute atomic E-state index is 0.0584. The van der Waals surface area contributed by atoms with Crippen molar-refractivity contribution in [3.63, 3.8) is 0 Å². The number of imidazole rings is 1. The predicted octanol–water partition coefficient (Wildman–Crippen LogP) is 1.89. The van der Waals surface area contributed by atoms with E-state index in [4.69, 9.17) is 14.5 Å². The van der Waals surface area contributed by atoms with Crippen molar-refractivity contribution in [1.82, 2.24) is 20.2 Å². The molecule has 1 aromatic heterocycles. The first-order valence-electron chi connectivity index (χ1n) is 13.7. The molecule has 1 heterocycles. The first kappa shape index (κ1) is 32.8. The number of benzene rings is 1. The summed E-state index contributed by atoms with van der Waals surface area (Å²) in [6.45, 7) is 11.5. The molecule has 0 fully saturated rings. The number of carbonyl (C=O) groups excluding carboxylic acids is 3. The molecule has 12 nitrogen and oxygen atoms in total. The van der Waals surface area contributed by atoms with Crippen molar-refractivity contribution in [2.45, 2.75) is 72.1 Å². The molecule has 0 saturated carbocycles. The Bertz CT molecular complexity index is 1140. The molecule has 0 radical (unpaired) electrons. The molecule has 0 unspecified atom stereocenters. The molecule has 1 aromatic carbocycles. The number of aliphatic hydroxyl groups is 2. The average molecular weight is 564 g/mol. The summed E-state index contributed by atoms with van der Waals surface area (Å²) in [5, 5.41) is 24.2. The zero-order chi connectivity index (χ0) is 30.0. The Kier molecular flexibility index (Phi) is 12.2. The number of aliphatic hydroxyl groups excluding tert-OH is 2. The second-order valence-corrected chi connectivity index (χ2v) is 11.0. The topological polar surface area (TPSA) is 155 Å². The highest BCUT2D eigenvalue weighted by Gasteiger charge is 2.31. The number of nitrogens with zero attached hydrogens (tertiary/aromatic N) is 3. The Morgan fingerprint density at radius 1 is 1.07 bits per heavy atom. The Morgan fingerprint density at radius 3 is 2.27 bits per heavy atom. The normalized spacial score (nSPS) is 13.2. The highest BCUT2D eigenvalue weighted by molar-refractivity contribution is 5.90. The maximum Gasteiger partial charge on any atom is 0.408 e. The third-order valence-corrected chi connectivity index (χ3v) is 6.05. The molecule has 2 atom stereocenters. The maximum atomic E-state index is 13.3. The average Bonchev–Trinajstić information content (AvgIpc) is 3.16. The Morgan fingerprint density at radius 2 is 1.73 bits per heavy atom. The van der Waals surface area contributed by atoms with Gasteiger partial charge in [0.25, 0.3) is 0 Å². The van der Waals surface area contributed by atoms with Gasteiger partial charge in [-0.25, -0.2) is 14.6 Å². The molecule has 0 spiro atoms. The van der Waals surface area contributed by atoms with Gasteiger partial charge in [-0.05, 0) is 58.2 Å². The van der Waals surface area contributed by atoms with Gasteiger partial charge in [0.05, 0.1) is 30.9 Å².